The summed E-state index contributed by atoms with van der Waals surface area (Å²) in [5.41, 5.74) is 5.98. The van der Waals surface area contributed by atoms with E-state index >= 15 is 0 Å². The first-order valence-corrected chi connectivity index (χ1v) is 4.43. The summed E-state index contributed by atoms with van der Waals surface area (Å²) < 4.78 is 31.6. The number of nitrogens with two attached hydrogens (primary N) is 1. The number of hydrogen-bond acceptors (Lipinski definition) is 4. The van der Waals surface area contributed by atoms with Crippen molar-refractivity contribution in [3.8, 4) is 5.75 Å². The Morgan fingerprint density at radius 2 is 1.38 bits per heavy atom. The van der Waals surface area contributed by atoms with E-state index in [0.717, 1.165) is 0 Å². The van der Waals surface area contributed by atoms with Gasteiger partial charge in [0.05, 0.1) is 0 Å². The minimum Gasteiger partial charge on any atom is -0.508 e. The molecule has 13 heavy (non-hydrogen) atoms. The predicted octanol–water partition coefficient (Wildman–Crippen LogP) is 0.322. The minimum absolute atomic E-state index is 0.249. The van der Waals surface area contributed by atoms with Gasteiger partial charge in [0.2, 0.25) is 0 Å². The van der Waals surface area contributed by atoms with E-state index in [1.165, 1.54) is 0 Å². The fourth-order valence-corrected chi connectivity index (χ4v) is 0.474. The van der Waals surface area contributed by atoms with Crippen molar-refractivity contribution < 1.29 is 22.6 Å². The molecule has 0 aliphatic carbocycles. The Bertz CT molecular complexity index is 315. The lowest BCUT2D eigenvalue weighted by molar-refractivity contribution is 0.381. The van der Waals surface area contributed by atoms with Crippen LogP contribution in [0.25, 0.3) is 0 Å². The summed E-state index contributed by atoms with van der Waals surface area (Å²) in [5, 5.41) is 8.70. The fraction of sp³-hybridized carbons (Fsp3) is 0. The highest BCUT2D eigenvalue weighted by Crippen LogP contribution is 2.09. The van der Waals surface area contributed by atoms with Crippen molar-refractivity contribution in [3.63, 3.8) is 0 Å². The number of phenols is 1. The number of benzene rings is 1. The largest absolute Gasteiger partial charge is 0.508 e. The maximum atomic E-state index is 8.74. The summed E-state index contributed by atoms with van der Waals surface area (Å²) in [6.45, 7) is 0. The zero-order chi connectivity index (χ0) is 10.5. The summed E-state index contributed by atoms with van der Waals surface area (Å²) in [6, 6.07) is 6.40. The van der Waals surface area contributed by atoms with Gasteiger partial charge in [0.15, 0.2) is 0 Å². The van der Waals surface area contributed by atoms with E-state index in [4.69, 9.17) is 28.4 Å². The first-order valence-electron chi connectivity index (χ1n) is 3.03. The summed E-state index contributed by atoms with van der Waals surface area (Å²) in [7, 11) is -4.67. The lowest BCUT2D eigenvalue weighted by Crippen LogP contribution is -1.89. The molecule has 0 aliphatic rings. The number of anilines is 1. The third-order valence-electron chi connectivity index (χ3n) is 0.893. The molecule has 0 aliphatic heterocycles. The van der Waals surface area contributed by atoms with Gasteiger partial charge in [-0.2, -0.15) is 8.42 Å². The van der Waals surface area contributed by atoms with Crippen molar-refractivity contribution in [2.75, 3.05) is 5.73 Å². The summed E-state index contributed by atoms with van der Waals surface area (Å²) >= 11 is 0. The van der Waals surface area contributed by atoms with Gasteiger partial charge in [0.25, 0.3) is 0 Å². The Kier molecular flexibility index (Phi) is 4.18. The van der Waals surface area contributed by atoms with E-state index in [2.05, 4.69) is 0 Å². The van der Waals surface area contributed by atoms with Gasteiger partial charge in [-0.3, -0.25) is 9.11 Å². The number of aromatic hydroxyl groups is 1. The molecule has 0 radical (unpaired) electrons. The van der Waals surface area contributed by atoms with Crippen LogP contribution in [0.1, 0.15) is 0 Å². The molecule has 0 fully saturated rings. The van der Waals surface area contributed by atoms with Crippen LogP contribution >= 0.6 is 0 Å². The van der Waals surface area contributed by atoms with Crippen LogP contribution in [0.3, 0.4) is 0 Å². The average Bonchev–Trinajstić information content (AvgIpc) is 1.92. The highest BCUT2D eigenvalue weighted by atomic mass is 32.3. The fourth-order valence-electron chi connectivity index (χ4n) is 0.474. The molecule has 0 unspecified atom stereocenters. The minimum atomic E-state index is -4.67. The quantitative estimate of drug-likeness (QED) is 0.276. The van der Waals surface area contributed by atoms with Gasteiger partial charge in [-0.1, -0.05) is 0 Å². The molecule has 0 bridgehead atoms. The highest BCUT2D eigenvalue weighted by molar-refractivity contribution is 7.79. The van der Waals surface area contributed by atoms with Gasteiger partial charge in [-0.05, 0) is 24.3 Å². The van der Waals surface area contributed by atoms with Crippen LogP contribution in [0, 0.1) is 0 Å². The van der Waals surface area contributed by atoms with E-state index in [1.807, 2.05) is 0 Å². The molecule has 1 rings (SSSR count). The summed E-state index contributed by atoms with van der Waals surface area (Å²) in [4.78, 5) is 0. The number of nitrogen functional groups attached to an aromatic ring is 1. The van der Waals surface area contributed by atoms with Gasteiger partial charge in [-0.25, -0.2) is 0 Å². The van der Waals surface area contributed by atoms with Crippen LogP contribution in [0.4, 0.5) is 5.69 Å². The van der Waals surface area contributed by atoms with E-state index in [0.29, 0.717) is 5.69 Å². The van der Waals surface area contributed by atoms with Crippen LogP contribution in [-0.4, -0.2) is 22.6 Å². The standard InChI is InChI=1S/C6H7NO.H2O4S/c7-5-1-3-6(8)4-2-5;1-5(2,3)4/h1-4,8H,7H2;(H2,1,2,3,4). The number of phenolic OH excluding ortho intramolecular Hbond substituents is 1. The van der Waals surface area contributed by atoms with Crippen molar-refractivity contribution in [1.82, 2.24) is 0 Å². The highest BCUT2D eigenvalue weighted by Gasteiger charge is 1.84. The Morgan fingerprint density at radius 3 is 1.62 bits per heavy atom. The molecule has 0 atom stereocenters. The molecule has 0 amide bonds. The lowest BCUT2D eigenvalue weighted by Gasteiger charge is -1.89. The molecule has 0 saturated heterocycles. The Balaban J connectivity index is 0.000000252. The Hall–Kier alpha value is -1.31. The van der Waals surface area contributed by atoms with Crippen molar-refractivity contribution >= 4 is 16.1 Å². The average molecular weight is 207 g/mol. The third kappa shape index (κ3) is 10.7. The predicted molar refractivity (Wildman–Crippen MR) is 46.7 cm³/mol. The van der Waals surface area contributed by atoms with Crippen LogP contribution < -0.4 is 5.73 Å². The first-order chi connectivity index (χ1) is 5.79. The van der Waals surface area contributed by atoms with Gasteiger partial charge in [0, 0.05) is 5.69 Å². The van der Waals surface area contributed by atoms with Crippen molar-refractivity contribution in [2.45, 2.75) is 0 Å². The van der Waals surface area contributed by atoms with Gasteiger partial charge in [-0.15, -0.1) is 0 Å². The maximum absolute atomic E-state index is 8.74. The second kappa shape index (κ2) is 4.65. The maximum Gasteiger partial charge on any atom is 0.394 e. The monoisotopic (exact) mass is 207 g/mol. The van der Waals surface area contributed by atoms with Gasteiger partial charge < -0.3 is 10.8 Å². The zero-order valence-electron chi connectivity index (χ0n) is 6.45. The van der Waals surface area contributed by atoms with Crippen LogP contribution in [0.2, 0.25) is 0 Å². The number of hydrogen-bond donors (Lipinski definition) is 4. The first kappa shape index (κ1) is 11.7. The molecule has 74 valence electrons. The van der Waals surface area contributed by atoms with Crippen molar-refractivity contribution in [1.29, 1.82) is 0 Å². The van der Waals surface area contributed by atoms with Crippen LogP contribution in [0.5, 0.6) is 5.75 Å². The van der Waals surface area contributed by atoms with E-state index in [1.54, 1.807) is 24.3 Å². The van der Waals surface area contributed by atoms with E-state index in [9.17, 15) is 0 Å². The smallest absolute Gasteiger partial charge is 0.394 e. The molecule has 1 aromatic carbocycles. The Labute approximate surface area is 75.2 Å². The zero-order valence-corrected chi connectivity index (χ0v) is 7.27. The Morgan fingerprint density at radius 1 is 1.08 bits per heavy atom. The molecular formula is C6H9NO5S. The molecule has 7 heteroatoms. The SMILES string of the molecule is Nc1ccc(O)cc1.O=S(=O)(O)O. The second-order valence-electron chi connectivity index (χ2n) is 2.04. The summed E-state index contributed by atoms with van der Waals surface area (Å²) in [6.07, 6.45) is 0. The van der Waals surface area contributed by atoms with Crippen LogP contribution in [0.15, 0.2) is 24.3 Å². The molecule has 5 N–H and O–H groups in total. The van der Waals surface area contributed by atoms with E-state index < -0.39 is 10.4 Å². The molecule has 0 saturated carbocycles. The van der Waals surface area contributed by atoms with Gasteiger partial charge in [0.1, 0.15) is 5.75 Å². The third-order valence-corrected chi connectivity index (χ3v) is 0.893. The molecule has 1 aromatic rings. The molecule has 6 nitrogen and oxygen atoms in total. The molecular weight excluding hydrogens is 198 g/mol. The van der Waals surface area contributed by atoms with Crippen molar-refractivity contribution in [2.24, 2.45) is 0 Å². The second-order valence-corrected chi connectivity index (χ2v) is 2.94. The molecule has 0 heterocycles. The molecule has 0 aromatic heterocycles. The van der Waals surface area contributed by atoms with Gasteiger partial charge >= 0.3 is 10.4 Å². The normalized spacial score (nSPS) is 10.0. The van der Waals surface area contributed by atoms with Crippen molar-refractivity contribution in [3.05, 3.63) is 24.3 Å². The summed E-state index contributed by atoms with van der Waals surface area (Å²) in [5.74, 6) is 0.249. The topological polar surface area (TPSA) is 121 Å². The van der Waals surface area contributed by atoms with Crippen LogP contribution in [-0.2, 0) is 10.4 Å². The number of rotatable bonds is 0. The van der Waals surface area contributed by atoms with E-state index in [-0.39, 0.29) is 5.75 Å². The molecule has 0 spiro atoms. The lowest BCUT2D eigenvalue weighted by atomic mass is 10.3.